The maximum absolute atomic E-state index is 11.5. The van der Waals surface area contributed by atoms with Crippen LogP contribution in [0.3, 0.4) is 0 Å². The van der Waals surface area contributed by atoms with Gasteiger partial charge in [-0.1, -0.05) is 12.1 Å². The molecule has 0 aromatic heterocycles. The van der Waals surface area contributed by atoms with Gasteiger partial charge in [-0.05, 0) is 12.5 Å². The molecule has 80 valence electrons. The van der Waals surface area contributed by atoms with E-state index in [0.717, 1.165) is 5.56 Å². The zero-order valence-corrected chi connectivity index (χ0v) is 8.53. The second-order valence-corrected chi connectivity index (χ2v) is 3.48. The monoisotopic (exact) mass is 207 g/mol. The van der Waals surface area contributed by atoms with Crippen LogP contribution in [-0.2, 0) is 9.53 Å². The van der Waals surface area contributed by atoms with Crippen molar-refractivity contribution in [2.45, 2.75) is 12.3 Å². The summed E-state index contributed by atoms with van der Waals surface area (Å²) in [7, 11) is 1.39. The first-order chi connectivity index (χ1) is 7.24. The molecule has 0 aliphatic carbocycles. The highest BCUT2D eigenvalue weighted by Gasteiger charge is 2.29. The van der Waals surface area contributed by atoms with Crippen LogP contribution in [0.25, 0.3) is 0 Å². The predicted octanol–water partition coefficient (Wildman–Crippen LogP) is 1.31. The summed E-state index contributed by atoms with van der Waals surface area (Å²) in [6.07, 6.45) is 0.642. The van der Waals surface area contributed by atoms with E-state index in [4.69, 9.17) is 15.2 Å². The normalized spacial score (nSPS) is 18.9. The van der Waals surface area contributed by atoms with Gasteiger partial charge in [0.05, 0.1) is 25.3 Å². The smallest absolute Gasteiger partial charge is 0.313 e. The molecule has 0 fully saturated rings. The molecule has 1 heterocycles. The van der Waals surface area contributed by atoms with Gasteiger partial charge in [-0.2, -0.15) is 0 Å². The minimum absolute atomic E-state index is 0.231. The summed E-state index contributed by atoms with van der Waals surface area (Å²) in [5, 5.41) is 0. The van der Waals surface area contributed by atoms with Crippen molar-refractivity contribution in [1.82, 2.24) is 0 Å². The third-order valence-electron chi connectivity index (χ3n) is 2.59. The molecule has 15 heavy (non-hydrogen) atoms. The van der Waals surface area contributed by atoms with Crippen molar-refractivity contribution in [1.29, 1.82) is 0 Å². The molecule has 1 unspecified atom stereocenters. The number of ether oxygens (including phenoxy) is 2. The maximum Gasteiger partial charge on any atom is 0.313 e. The molecule has 1 aliphatic rings. The molecule has 4 nitrogen and oxygen atoms in total. The summed E-state index contributed by atoms with van der Waals surface area (Å²) in [5.74, 6) is 0.145. The van der Waals surface area contributed by atoms with Gasteiger partial charge in [-0.3, -0.25) is 4.79 Å². The lowest BCUT2D eigenvalue weighted by molar-refractivity contribution is -0.143. The number of methoxy groups -OCH3 is 1. The molecule has 0 saturated carbocycles. The number of hydrogen-bond acceptors (Lipinski definition) is 4. The van der Waals surface area contributed by atoms with Crippen molar-refractivity contribution in [2.75, 3.05) is 19.5 Å². The largest absolute Gasteiger partial charge is 0.491 e. The number of nitrogens with two attached hydrogens (primary N) is 1. The average molecular weight is 207 g/mol. The van der Waals surface area contributed by atoms with Crippen LogP contribution >= 0.6 is 0 Å². The second-order valence-electron chi connectivity index (χ2n) is 3.48. The van der Waals surface area contributed by atoms with Crippen molar-refractivity contribution in [3.05, 3.63) is 23.8 Å². The molecule has 0 bridgehead atoms. The number of esters is 1. The summed E-state index contributed by atoms with van der Waals surface area (Å²) in [6, 6.07) is 5.43. The zero-order chi connectivity index (χ0) is 10.8. The Morgan fingerprint density at radius 2 is 2.40 bits per heavy atom. The topological polar surface area (TPSA) is 61.5 Å². The number of para-hydroxylation sites is 1. The van der Waals surface area contributed by atoms with Gasteiger partial charge in [0, 0.05) is 5.56 Å². The summed E-state index contributed by atoms with van der Waals surface area (Å²) in [4.78, 5) is 11.5. The molecule has 1 aliphatic heterocycles. The Bertz CT molecular complexity index is 389. The first kappa shape index (κ1) is 9.83. The van der Waals surface area contributed by atoms with Crippen LogP contribution < -0.4 is 10.5 Å². The average Bonchev–Trinajstić information content (AvgIpc) is 2.28. The fourth-order valence-electron chi connectivity index (χ4n) is 1.84. The lowest BCUT2D eigenvalue weighted by Crippen LogP contribution is -2.22. The molecule has 0 radical (unpaired) electrons. The highest BCUT2D eigenvalue weighted by atomic mass is 16.5. The van der Waals surface area contributed by atoms with E-state index >= 15 is 0 Å². The third kappa shape index (κ3) is 1.63. The van der Waals surface area contributed by atoms with Crippen molar-refractivity contribution >= 4 is 11.7 Å². The lowest BCUT2D eigenvalue weighted by Gasteiger charge is -2.24. The number of rotatable bonds is 1. The quantitative estimate of drug-likeness (QED) is 0.557. The van der Waals surface area contributed by atoms with Crippen molar-refractivity contribution < 1.29 is 14.3 Å². The number of carbonyl (C=O) groups excluding carboxylic acids is 1. The number of benzene rings is 1. The summed E-state index contributed by atoms with van der Waals surface area (Å²) in [5.41, 5.74) is 7.17. The lowest BCUT2D eigenvalue weighted by atomic mass is 9.93. The molecule has 0 spiro atoms. The molecular weight excluding hydrogens is 194 g/mol. The van der Waals surface area contributed by atoms with Gasteiger partial charge in [0.15, 0.2) is 0 Å². The van der Waals surface area contributed by atoms with Crippen LogP contribution in [0.4, 0.5) is 5.69 Å². The zero-order valence-electron chi connectivity index (χ0n) is 8.53. The van der Waals surface area contributed by atoms with Gasteiger partial charge in [0.1, 0.15) is 5.75 Å². The van der Waals surface area contributed by atoms with Crippen LogP contribution in [0.5, 0.6) is 5.75 Å². The fraction of sp³-hybridized carbons (Fsp3) is 0.364. The van der Waals surface area contributed by atoms with E-state index in [2.05, 4.69) is 0 Å². The summed E-state index contributed by atoms with van der Waals surface area (Å²) < 4.78 is 10.2. The third-order valence-corrected chi connectivity index (χ3v) is 2.59. The SMILES string of the molecule is COC(=O)C1CCOc2c(N)cccc21. The summed E-state index contributed by atoms with van der Waals surface area (Å²) >= 11 is 0. The molecule has 0 saturated heterocycles. The van der Waals surface area contributed by atoms with E-state index in [-0.39, 0.29) is 11.9 Å². The summed E-state index contributed by atoms with van der Waals surface area (Å²) in [6.45, 7) is 0.501. The Labute approximate surface area is 88.0 Å². The molecule has 2 rings (SSSR count). The van der Waals surface area contributed by atoms with E-state index in [1.165, 1.54) is 7.11 Å². The van der Waals surface area contributed by atoms with E-state index in [0.29, 0.717) is 24.5 Å². The second kappa shape index (κ2) is 3.81. The standard InChI is InChI=1S/C11H13NO3/c1-14-11(13)8-5-6-15-10-7(8)3-2-4-9(10)12/h2-4,8H,5-6,12H2,1H3. The van der Waals surface area contributed by atoms with Crippen LogP contribution in [0.1, 0.15) is 17.9 Å². The molecule has 1 aromatic carbocycles. The highest BCUT2D eigenvalue weighted by molar-refractivity contribution is 5.80. The van der Waals surface area contributed by atoms with Crippen LogP contribution in [0, 0.1) is 0 Å². The van der Waals surface area contributed by atoms with Crippen LogP contribution in [0.15, 0.2) is 18.2 Å². The van der Waals surface area contributed by atoms with Gasteiger partial charge in [-0.25, -0.2) is 0 Å². The predicted molar refractivity (Wildman–Crippen MR) is 55.7 cm³/mol. The van der Waals surface area contributed by atoms with Crippen LogP contribution in [0.2, 0.25) is 0 Å². The van der Waals surface area contributed by atoms with Crippen LogP contribution in [-0.4, -0.2) is 19.7 Å². The van der Waals surface area contributed by atoms with Gasteiger partial charge < -0.3 is 15.2 Å². The van der Waals surface area contributed by atoms with Gasteiger partial charge >= 0.3 is 5.97 Å². The minimum atomic E-state index is -0.248. The number of anilines is 1. The fourth-order valence-corrected chi connectivity index (χ4v) is 1.84. The van der Waals surface area contributed by atoms with Gasteiger partial charge in [-0.15, -0.1) is 0 Å². The number of fused-ring (bicyclic) bond motifs is 1. The van der Waals surface area contributed by atoms with Crippen molar-refractivity contribution in [3.63, 3.8) is 0 Å². The Kier molecular flexibility index (Phi) is 2.49. The van der Waals surface area contributed by atoms with Crippen molar-refractivity contribution in [2.24, 2.45) is 0 Å². The Balaban J connectivity index is 2.42. The molecule has 1 aromatic rings. The maximum atomic E-state index is 11.5. The first-order valence-corrected chi connectivity index (χ1v) is 4.83. The number of hydrogen-bond donors (Lipinski definition) is 1. The number of nitrogen functional groups attached to an aromatic ring is 1. The van der Waals surface area contributed by atoms with Crippen molar-refractivity contribution in [3.8, 4) is 5.75 Å². The van der Waals surface area contributed by atoms with E-state index < -0.39 is 0 Å². The highest BCUT2D eigenvalue weighted by Crippen LogP contribution is 2.38. The molecule has 1 atom stereocenters. The van der Waals surface area contributed by atoms with Gasteiger partial charge in [0.2, 0.25) is 0 Å². The Morgan fingerprint density at radius 1 is 1.60 bits per heavy atom. The Hall–Kier alpha value is -1.71. The first-order valence-electron chi connectivity index (χ1n) is 4.83. The molecular formula is C11H13NO3. The van der Waals surface area contributed by atoms with Gasteiger partial charge in [0.25, 0.3) is 0 Å². The van der Waals surface area contributed by atoms with E-state index in [1.807, 2.05) is 12.1 Å². The van der Waals surface area contributed by atoms with E-state index in [1.54, 1.807) is 6.07 Å². The molecule has 4 heteroatoms. The molecule has 0 amide bonds. The Morgan fingerprint density at radius 3 is 3.13 bits per heavy atom. The number of carbonyl (C=O) groups is 1. The van der Waals surface area contributed by atoms with E-state index in [9.17, 15) is 4.79 Å². The molecule has 2 N–H and O–H groups in total. The minimum Gasteiger partial charge on any atom is -0.491 e.